The molecule has 0 aliphatic rings. The van der Waals surface area contributed by atoms with Gasteiger partial charge in [-0.05, 0) is 37.7 Å². The minimum absolute atomic E-state index is 0.312. The van der Waals surface area contributed by atoms with Crippen LogP contribution in [0, 0.1) is 5.82 Å². The molecular formula is C13H19FN2O. The van der Waals surface area contributed by atoms with E-state index in [2.05, 4.69) is 6.92 Å². The molecule has 3 nitrogen and oxygen atoms in total. The maximum absolute atomic E-state index is 12.8. The third-order valence-corrected chi connectivity index (χ3v) is 2.76. The highest BCUT2D eigenvalue weighted by atomic mass is 19.1. The molecule has 1 aromatic carbocycles. The molecule has 0 heterocycles. The van der Waals surface area contributed by atoms with Crippen LogP contribution in [0.25, 0.3) is 0 Å². The molecule has 0 radical (unpaired) electrons. The van der Waals surface area contributed by atoms with Gasteiger partial charge < -0.3 is 5.73 Å². The lowest BCUT2D eigenvalue weighted by Gasteiger charge is -2.25. The smallest absolute Gasteiger partial charge is 0.239 e. The van der Waals surface area contributed by atoms with Gasteiger partial charge in [0.05, 0.1) is 0 Å². The average molecular weight is 238 g/mol. The van der Waals surface area contributed by atoms with Gasteiger partial charge in [0, 0.05) is 0 Å². The third-order valence-electron chi connectivity index (χ3n) is 2.76. The van der Waals surface area contributed by atoms with Crippen molar-refractivity contribution in [1.29, 1.82) is 0 Å². The number of unbranched alkanes of at least 4 members (excludes halogenated alkanes) is 1. The van der Waals surface area contributed by atoms with Crippen molar-refractivity contribution in [2.75, 3.05) is 13.6 Å². The number of rotatable bonds is 6. The van der Waals surface area contributed by atoms with Crippen LogP contribution in [0.4, 0.5) is 4.39 Å². The van der Waals surface area contributed by atoms with Crippen LogP contribution >= 0.6 is 0 Å². The zero-order chi connectivity index (χ0) is 12.8. The van der Waals surface area contributed by atoms with Gasteiger partial charge in [0.15, 0.2) is 0 Å². The monoisotopic (exact) mass is 238 g/mol. The topological polar surface area (TPSA) is 46.3 Å². The molecule has 1 aromatic rings. The highest BCUT2D eigenvalue weighted by Gasteiger charge is 2.22. The van der Waals surface area contributed by atoms with Gasteiger partial charge >= 0.3 is 0 Å². The van der Waals surface area contributed by atoms with Crippen LogP contribution in [0.1, 0.15) is 31.4 Å². The number of amides is 1. The van der Waals surface area contributed by atoms with E-state index in [0.29, 0.717) is 0 Å². The van der Waals surface area contributed by atoms with Crippen LogP contribution in [-0.2, 0) is 4.79 Å². The molecule has 1 atom stereocenters. The Morgan fingerprint density at radius 1 is 1.41 bits per heavy atom. The number of primary amides is 1. The Morgan fingerprint density at radius 3 is 2.47 bits per heavy atom. The van der Waals surface area contributed by atoms with Gasteiger partial charge in [0.25, 0.3) is 0 Å². The molecule has 0 aromatic heterocycles. The first-order valence-electron chi connectivity index (χ1n) is 5.81. The van der Waals surface area contributed by atoms with Crippen LogP contribution in [0.5, 0.6) is 0 Å². The maximum Gasteiger partial charge on any atom is 0.239 e. The molecule has 0 aliphatic carbocycles. The van der Waals surface area contributed by atoms with Crippen molar-refractivity contribution < 1.29 is 9.18 Å². The van der Waals surface area contributed by atoms with E-state index in [4.69, 9.17) is 5.73 Å². The molecule has 0 aliphatic heterocycles. The number of likely N-dealkylation sites (N-methyl/N-ethyl adjacent to an activating group) is 1. The van der Waals surface area contributed by atoms with Crippen molar-refractivity contribution in [2.45, 2.75) is 25.8 Å². The molecule has 1 amide bonds. The maximum atomic E-state index is 12.8. The normalized spacial score (nSPS) is 12.7. The summed E-state index contributed by atoms with van der Waals surface area (Å²) in [6.07, 6.45) is 2.06. The highest BCUT2D eigenvalue weighted by molar-refractivity contribution is 5.81. The molecule has 4 heteroatoms. The number of benzene rings is 1. The first-order valence-corrected chi connectivity index (χ1v) is 5.81. The molecule has 17 heavy (non-hydrogen) atoms. The minimum atomic E-state index is -0.484. The average Bonchev–Trinajstić information content (AvgIpc) is 2.29. The highest BCUT2D eigenvalue weighted by Crippen LogP contribution is 2.19. The van der Waals surface area contributed by atoms with E-state index in [1.807, 2.05) is 11.9 Å². The van der Waals surface area contributed by atoms with E-state index in [1.54, 1.807) is 12.1 Å². The lowest BCUT2D eigenvalue weighted by molar-refractivity contribution is -0.123. The molecule has 1 rings (SSSR count). The molecule has 94 valence electrons. The largest absolute Gasteiger partial charge is 0.368 e. The summed E-state index contributed by atoms with van der Waals surface area (Å²) < 4.78 is 12.8. The van der Waals surface area contributed by atoms with Gasteiger partial charge in [-0.25, -0.2) is 4.39 Å². The summed E-state index contributed by atoms with van der Waals surface area (Å²) in [5.74, 6) is -0.719. The summed E-state index contributed by atoms with van der Waals surface area (Å²) in [6.45, 7) is 2.88. The summed E-state index contributed by atoms with van der Waals surface area (Å²) >= 11 is 0. The minimum Gasteiger partial charge on any atom is -0.368 e. The van der Waals surface area contributed by atoms with Crippen molar-refractivity contribution in [2.24, 2.45) is 5.73 Å². The number of carbonyl (C=O) groups is 1. The van der Waals surface area contributed by atoms with Gasteiger partial charge in [0.1, 0.15) is 11.9 Å². The van der Waals surface area contributed by atoms with E-state index in [0.717, 1.165) is 24.9 Å². The zero-order valence-electron chi connectivity index (χ0n) is 10.3. The predicted molar refractivity (Wildman–Crippen MR) is 65.9 cm³/mol. The van der Waals surface area contributed by atoms with Crippen LogP contribution in [0.3, 0.4) is 0 Å². The van der Waals surface area contributed by atoms with Crippen LogP contribution < -0.4 is 5.73 Å². The Hall–Kier alpha value is -1.42. The first kappa shape index (κ1) is 13.6. The van der Waals surface area contributed by atoms with Crippen molar-refractivity contribution in [3.63, 3.8) is 0 Å². The van der Waals surface area contributed by atoms with Gasteiger partial charge in [-0.1, -0.05) is 25.5 Å². The van der Waals surface area contributed by atoms with Crippen molar-refractivity contribution in [3.8, 4) is 0 Å². The van der Waals surface area contributed by atoms with Crippen molar-refractivity contribution in [3.05, 3.63) is 35.6 Å². The summed E-state index contributed by atoms with van der Waals surface area (Å²) in [7, 11) is 1.86. The number of hydrogen-bond acceptors (Lipinski definition) is 2. The Balaban J connectivity index is 2.85. The van der Waals surface area contributed by atoms with Gasteiger partial charge in [-0.15, -0.1) is 0 Å². The molecule has 0 fully saturated rings. The number of nitrogens with zero attached hydrogens (tertiary/aromatic N) is 1. The molecule has 1 unspecified atom stereocenters. The van der Waals surface area contributed by atoms with Crippen LogP contribution in [-0.4, -0.2) is 24.4 Å². The number of nitrogens with two attached hydrogens (primary N) is 1. The fourth-order valence-electron chi connectivity index (χ4n) is 1.82. The van der Waals surface area contributed by atoms with E-state index < -0.39 is 11.9 Å². The lowest BCUT2D eigenvalue weighted by atomic mass is 10.0. The summed E-state index contributed by atoms with van der Waals surface area (Å²) in [4.78, 5) is 13.4. The Morgan fingerprint density at radius 2 is 2.00 bits per heavy atom. The Kier molecular flexibility index (Phi) is 5.10. The number of carbonyl (C=O) groups excluding carboxylic acids is 1. The second-order valence-electron chi connectivity index (χ2n) is 4.19. The summed E-state index contributed by atoms with van der Waals surface area (Å²) in [5, 5.41) is 0. The summed E-state index contributed by atoms with van der Waals surface area (Å²) in [5.41, 5.74) is 6.14. The standard InChI is InChI=1S/C13H19FN2O/c1-3-4-9-16(2)12(13(15)17)10-5-7-11(14)8-6-10/h5-8,12H,3-4,9H2,1-2H3,(H2,15,17). The zero-order valence-corrected chi connectivity index (χ0v) is 10.3. The van der Waals surface area contributed by atoms with E-state index in [1.165, 1.54) is 12.1 Å². The van der Waals surface area contributed by atoms with Crippen molar-refractivity contribution in [1.82, 2.24) is 4.90 Å². The quantitative estimate of drug-likeness (QED) is 0.824. The SMILES string of the molecule is CCCCN(C)C(C(N)=O)c1ccc(F)cc1. The molecule has 0 spiro atoms. The predicted octanol–water partition coefficient (Wildman–Crippen LogP) is 2.08. The van der Waals surface area contributed by atoms with E-state index in [-0.39, 0.29) is 5.82 Å². The van der Waals surface area contributed by atoms with Gasteiger partial charge in [-0.3, -0.25) is 9.69 Å². The van der Waals surface area contributed by atoms with Crippen LogP contribution in [0.2, 0.25) is 0 Å². The Labute approximate surface area is 101 Å². The second-order valence-corrected chi connectivity index (χ2v) is 4.19. The van der Waals surface area contributed by atoms with Crippen LogP contribution in [0.15, 0.2) is 24.3 Å². The fourth-order valence-corrected chi connectivity index (χ4v) is 1.82. The third kappa shape index (κ3) is 3.82. The second kappa shape index (κ2) is 6.35. The Bertz CT molecular complexity index is 364. The fraction of sp³-hybridized carbons (Fsp3) is 0.462. The lowest BCUT2D eigenvalue weighted by Crippen LogP contribution is -2.35. The van der Waals surface area contributed by atoms with Gasteiger partial charge in [0.2, 0.25) is 5.91 Å². The first-order chi connectivity index (χ1) is 8.06. The van der Waals surface area contributed by atoms with Gasteiger partial charge in [-0.2, -0.15) is 0 Å². The summed E-state index contributed by atoms with van der Waals surface area (Å²) in [6, 6.07) is 5.42. The molecular weight excluding hydrogens is 219 g/mol. The molecule has 0 bridgehead atoms. The number of halogens is 1. The molecule has 0 saturated heterocycles. The molecule has 2 N–H and O–H groups in total. The van der Waals surface area contributed by atoms with E-state index in [9.17, 15) is 9.18 Å². The molecule has 0 saturated carbocycles. The number of hydrogen-bond donors (Lipinski definition) is 1. The van der Waals surface area contributed by atoms with E-state index >= 15 is 0 Å². The van der Waals surface area contributed by atoms with Crippen molar-refractivity contribution >= 4 is 5.91 Å².